The molecule has 5 nitrogen and oxygen atoms in total. The zero-order valence-electron chi connectivity index (χ0n) is 17.4. The molecule has 2 atom stereocenters. The highest BCUT2D eigenvalue weighted by Crippen LogP contribution is 2.36. The maximum atomic E-state index is 12.4. The lowest BCUT2D eigenvalue weighted by Crippen LogP contribution is -2.43. The van der Waals surface area contributed by atoms with Crippen molar-refractivity contribution in [1.29, 1.82) is 0 Å². The average molecular weight is 383 g/mol. The Kier molecular flexibility index (Phi) is 13.6. The summed E-state index contributed by atoms with van der Waals surface area (Å²) in [7, 11) is 2.47. The SMILES string of the molecule is C=CCC(C[C@@H](C=C)[C@@H](O)CCCCCCCCC)(C(=O)OC)C(=O)OC. The van der Waals surface area contributed by atoms with Crippen molar-refractivity contribution in [2.45, 2.75) is 77.2 Å². The van der Waals surface area contributed by atoms with Gasteiger partial charge in [0.05, 0.1) is 20.3 Å². The van der Waals surface area contributed by atoms with Crippen molar-refractivity contribution < 1.29 is 24.2 Å². The Morgan fingerprint density at radius 2 is 1.52 bits per heavy atom. The predicted molar refractivity (Wildman–Crippen MR) is 108 cm³/mol. The Labute approximate surface area is 164 Å². The van der Waals surface area contributed by atoms with E-state index < -0.39 is 29.4 Å². The van der Waals surface area contributed by atoms with Crippen LogP contribution in [0.2, 0.25) is 0 Å². The van der Waals surface area contributed by atoms with E-state index in [1.807, 2.05) is 0 Å². The molecule has 0 unspecified atom stereocenters. The molecule has 0 aliphatic heterocycles. The summed E-state index contributed by atoms with van der Waals surface area (Å²) in [6.45, 7) is 9.62. The molecule has 0 saturated carbocycles. The number of aliphatic hydroxyl groups excluding tert-OH is 1. The zero-order chi connectivity index (χ0) is 20.7. The summed E-state index contributed by atoms with van der Waals surface area (Å²) in [5.41, 5.74) is -1.51. The monoisotopic (exact) mass is 382 g/mol. The lowest BCUT2D eigenvalue weighted by Gasteiger charge is -2.31. The fraction of sp³-hybridized carbons (Fsp3) is 0.727. The van der Waals surface area contributed by atoms with Crippen molar-refractivity contribution in [1.82, 2.24) is 0 Å². The molecule has 0 heterocycles. The van der Waals surface area contributed by atoms with E-state index in [1.54, 1.807) is 6.08 Å². The van der Waals surface area contributed by atoms with Crippen molar-refractivity contribution in [3.8, 4) is 0 Å². The number of carbonyl (C=O) groups is 2. The van der Waals surface area contributed by atoms with Crippen LogP contribution < -0.4 is 0 Å². The third kappa shape index (κ3) is 8.29. The largest absolute Gasteiger partial charge is 0.468 e. The number of hydrogen-bond acceptors (Lipinski definition) is 5. The number of ether oxygens (including phenoxy) is 2. The summed E-state index contributed by atoms with van der Waals surface area (Å²) in [6.07, 6.45) is 11.3. The molecule has 0 rings (SSSR count). The van der Waals surface area contributed by atoms with Gasteiger partial charge >= 0.3 is 11.9 Å². The van der Waals surface area contributed by atoms with E-state index in [4.69, 9.17) is 9.47 Å². The first-order chi connectivity index (χ1) is 12.9. The van der Waals surface area contributed by atoms with Gasteiger partial charge in [-0.3, -0.25) is 9.59 Å². The summed E-state index contributed by atoms with van der Waals surface area (Å²) in [4.78, 5) is 24.8. The van der Waals surface area contributed by atoms with Gasteiger partial charge in [0.15, 0.2) is 5.41 Å². The third-order valence-corrected chi connectivity index (χ3v) is 5.13. The number of carbonyl (C=O) groups excluding carboxylic acids is 2. The molecule has 0 spiro atoms. The smallest absolute Gasteiger partial charge is 0.323 e. The molecule has 0 amide bonds. The van der Waals surface area contributed by atoms with E-state index in [2.05, 4.69) is 20.1 Å². The van der Waals surface area contributed by atoms with Gasteiger partial charge in [-0.1, -0.05) is 64.0 Å². The second kappa shape index (κ2) is 14.4. The molecule has 0 radical (unpaired) electrons. The number of esters is 2. The Balaban J connectivity index is 4.89. The number of rotatable bonds is 16. The van der Waals surface area contributed by atoms with Crippen molar-refractivity contribution in [3.05, 3.63) is 25.3 Å². The summed E-state index contributed by atoms with van der Waals surface area (Å²) in [5.74, 6) is -1.77. The molecule has 156 valence electrons. The van der Waals surface area contributed by atoms with Crippen molar-refractivity contribution in [3.63, 3.8) is 0 Å². The molecule has 0 aromatic rings. The first kappa shape index (κ1) is 25.4. The summed E-state index contributed by atoms with van der Waals surface area (Å²) >= 11 is 0. The van der Waals surface area contributed by atoms with Crippen LogP contribution >= 0.6 is 0 Å². The highest BCUT2D eigenvalue weighted by molar-refractivity contribution is 6.00. The Morgan fingerprint density at radius 1 is 1.00 bits per heavy atom. The number of unbranched alkanes of at least 4 members (excludes halogenated alkanes) is 6. The normalized spacial score (nSPS) is 13.5. The molecule has 0 saturated heterocycles. The van der Waals surface area contributed by atoms with Gasteiger partial charge < -0.3 is 14.6 Å². The minimum atomic E-state index is -1.51. The predicted octanol–water partition coefficient (Wildman–Crippen LogP) is 4.59. The van der Waals surface area contributed by atoms with Crippen LogP contribution in [0.4, 0.5) is 0 Å². The van der Waals surface area contributed by atoms with E-state index in [1.165, 1.54) is 46.0 Å². The topological polar surface area (TPSA) is 72.8 Å². The fourth-order valence-electron chi connectivity index (χ4n) is 3.44. The maximum absolute atomic E-state index is 12.4. The minimum Gasteiger partial charge on any atom is -0.468 e. The average Bonchev–Trinajstić information content (AvgIpc) is 2.68. The lowest BCUT2D eigenvalue weighted by atomic mass is 9.74. The van der Waals surface area contributed by atoms with E-state index in [0.29, 0.717) is 6.42 Å². The van der Waals surface area contributed by atoms with Gasteiger partial charge in [-0.05, 0) is 19.3 Å². The summed E-state index contributed by atoms with van der Waals surface area (Å²) in [6, 6.07) is 0. The number of aliphatic hydroxyl groups is 1. The van der Waals surface area contributed by atoms with Gasteiger partial charge in [-0.15, -0.1) is 13.2 Å². The second-order valence-corrected chi connectivity index (χ2v) is 7.14. The quantitative estimate of drug-likeness (QED) is 0.183. The van der Waals surface area contributed by atoms with Crippen LogP contribution in [0.5, 0.6) is 0 Å². The van der Waals surface area contributed by atoms with E-state index >= 15 is 0 Å². The van der Waals surface area contributed by atoms with Crippen molar-refractivity contribution >= 4 is 11.9 Å². The molecule has 0 bridgehead atoms. The molecule has 0 aromatic carbocycles. The zero-order valence-corrected chi connectivity index (χ0v) is 17.4. The molecule has 1 N–H and O–H groups in total. The number of hydrogen-bond donors (Lipinski definition) is 1. The highest BCUT2D eigenvalue weighted by Gasteiger charge is 2.49. The van der Waals surface area contributed by atoms with Crippen LogP contribution in [-0.4, -0.2) is 37.4 Å². The first-order valence-electron chi connectivity index (χ1n) is 10.0. The highest BCUT2D eigenvalue weighted by atomic mass is 16.5. The summed E-state index contributed by atoms with van der Waals surface area (Å²) in [5, 5.41) is 10.6. The molecule has 27 heavy (non-hydrogen) atoms. The van der Waals surface area contributed by atoms with Crippen LogP contribution in [0, 0.1) is 11.3 Å². The van der Waals surface area contributed by atoms with Crippen LogP contribution in [0.15, 0.2) is 25.3 Å². The first-order valence-corrected chi connectivity index (χ1v) is 10.0. The third-order valence-electron chi connectivity index (χ3n) is 5.13. The molecule has 0 aliphatic rings. The van der Waals surface area contributed by atoms with Gasteiger partial charge in [0.25, 0.3) is 0 Å². The Bertz CT molecular complexity index is 442. The molecule has 0 aromatic heterocycles. The molecule has 0 aliphatic carbocycles. The molecular weight excluding hydrogens is 344 g/mol. The fourth-order valence-corrected chi connectivity index (χ4v) is 3.44. The summed E-state index contributed by atoms with van der Waals surface area (Å²) < 4.78 is 9.72. The Hall–Kier alpha value is -1.62. The van der Waals surface area contributed by atoms with Crippen LogP contribution in [0.3, 0.4) is 0 Å². The lowest BCUT2D eigenvalue weighted by molar-refractivity contribution is -0.170. The minimum absolute atomic E-state index is 0.0829. The van der Waals surface area contributed by atoms with E-state index in [-0.39, 0.29) is 12.8 Å². The van der Waals surface area contributed by atoms with Crippen LogP contribution in [0.1, 0.15) is 71.1 Å². The van der Waals surface area contributed by atoms with E-state index in [9.17, 15) is 14.7 Å². The van der Waals surface area contributed by atoms with Gasteiger partial charge in [0.1, 0.15) is 0 Å². The molecule has 0 fully saturated rings. The number of allylic oxidation sites excluding steroid dienone is 1. The molecular formula is C22H38O5. The van der Waals surface area contributed by atoms with Gasteiger partial charge in [-0.25, -0.2) is 0 Å². The maximum Gasteiger partial charge on any atom is 0.323 e. The number of methoxy groups -OCH3 is 2. The van der Waals surface area contributed by atoms with Crippen molar-refractivity contribution in [2.75, 3.05) is 14.2 Å². The van der Waals surface area contributed by atoms with Gasteiger partial charge in [0.2, 0.25) is 0 Å². The molecule has 5 heteroatoms. The Morgan fingerprint density at radius 3 is 1.96 bits per heavy atom. The standard InChI is InChI=1S/C22H38O5/c1-6-9-10-11-12-13-14-15-19(23)18(8-3)17-22(16-7-2,20(24)26-4)21(25)27-5/h7-8,18-19,23H,2-3,6,9-17H2,1,4-5H3/t18-,19+/m1/s1. The van der Waals surface area contributed by atoms with Gasteiger partial charge in [-0.2, -0.15) is 0 Å². The van der Waals surface area contributed by atoms with E-state index in [0.717, 1.165) is 19.3 Å². The van der Waals surface area contributed by atoms with Gasteiger partial charge in [0, 0.05) is 5.92 Å². The van der Waals surface area contributed by atoms with Crippen LogP contribution in [-0.2, 0) is 19.1 Å². The van der Waals surface area contributed by atoms with Crippen LogP contribution in [0.25, 0.3) is 0 Å². The van der Waals surface area contributed by atoms with Crippen molar-refractivity contribution in [2.24, 2.45) is 11.3 Å². The second-order valence-electron chi connectivity index (χ2n) is 7.14.